The first-order valence-corrected chi connectivity index (χ1v) is 9.01. The molecule has 2 aromatic carbocycles. The average molecular weight is 383 g/mol. The summed E-state index contributed by atoms with van der Waals surface area (Å²) in [6, 6.07) is 11.6. The van der Waals surface area contributed by atoms with E-state index in [2.05, 4.69) is 9.99 Å². The van der Waals surface area contributed by atoms with E-state index in [1.807, 2.05) is 4.90 Å². The van der Waals surface area contributed by atoms with E-state index in [0.29, 0.717) is 43.0 Å². The number of benzene rings is 2. The van der Waals surface area contributed by atoms with Crippen molar-refractivity contribution in [3.05, 3.63) is 65.0 Å². The summed E-state index contributed by atoms with van der Waals surface area (Å²) in [6.07, 6.45) is 1.57. The van der Waals surface area contributed by atoms with Gasteiger partial charge in [-0.2, -0.15) is 0 Å². The topological polar surface area (TPSA) is 62.2 Å². The number of hydrogen-bond acceptors (Lipinski definition) is 5. The Morgan fingerprint density at radius 3 is 2.25 bits per heavy atom. The van der Waals surface area contributed by atoms with E-state index in [1.54, 1.807) is 47.5 Å². The zero-order chi connectivity index (χ0) is 20.1. The number of hydrogen-bond donors (Lipinski definition) is 0. The van der Waals surface area contributed by atoms with Crippen LogP contribution in [0.3, 0.4) is 0 Å². The number of nitrogens with zero attached hydrogens (tertiary/aromatic N) is 3. The Hall–Kier alpha value is -3.22. The highest BCUT2D eigenvalue weighted by Crippen LogP contribution is 2.23. The van der Waals surface area contributed by atoms with Gasteiger partial charge < -0.3 is 14.6 Å². The molecular weight excluding hydrogens is 361 g/mol. The predicted octanol–water partition coefficient (Wildman–Crippen LogP) is 2.97. The fraction of sp³-hybridized carbons (Fsp3) is 0.286. The molecule has 0 bridgehead atoms. The lowest BCUT2D eigenvalue weighted by molar-refractivity contribution is 0.0746. The number of oxime groups is 1. The minimum absolute atomic E-state index is 0.0534. The van der Waals surface area contributed by atoms with Crippen LogP contribution < -0.4 is 4.90 Å². The van der Waals surface area contributed by atoms with Crippen LogP contribution in [0.4, 0.5) is 10.1 Å². The second kappa shape index (κ2) is 8.65. The van der Waals surface area contributed by atoms with Gasteiger partial charge in [0.15, 0.2) is 5.78 Å². The lowest BCUT2D eigenvalue weighted by Gasteiger charge is -2.36. The first-order valence-electron chi connectivity index (χ1n) is 9.01. The van der Waals surface area contributed by atoms with Crippen molar-refractivity contribution in [1.82, 2.24) is 4.90 Å². The molecule has 1 fully saturated rings. The summed E-state index contributed by atoms with van der Waals surface area (Å²) in [7, 11) is 1.47. The van der Waals surface area contributed by atoms with Crippen LogP contribution in [0.25, 0.3) is 0 Å². The first kappa shape index (κ1) is 19.5. The minimum atomic E-state index is -0.416. The van der Waals surface area contributed by atoms with Gasteiger partial charge in [-0.3, -0.25) is 9.59 Å². The number of halogens is 1. The molecule has 0 atom stereocenters. The third-order valence-electron chi connectivity index (χ3n) is 4.73. The molecule has 28 heavy (non-hydrogen) atoms. The lowest BCUT2D eigenvalue weighted by atomic mass is 10.1. The Morgan fingerprint density at radius 2 is 1.68 bits per heavy atom. The second-order valence-corrected chi connectivity index (χ2v) is 6.54. The summed E-state index contributed by atoms with van der Waals surface area (Å²) in [6.45, 7) is 3.47. The highest BCUT2D eigenvalue weighted by atomic mass is 19.1. The van der Waals surface area contributed by atoms with Crippen LogP contribution in [-0.4, -0.2) is 56.1 Å². The van der Waals surface area contributed by atoms with Crippen LogP contribution in [0.1, 0.15) is 33.2 Å². The van der Waals surface area contributed by atoms with Crippen molar-refractivity contribution in [2.24, 2.45) is 5.16 Å². The molecule has 6 nitrogen and oxygen atoms in total. The Kier molecular flexibility index (Phi) is 6.03. The summed E-state index contributed by atoms with van der Waals surface area (Å²) in [5, 5.41) is 3.69. The fourth-order valence-electron chi connectivity index (χ4n) is 3.14. The molecular formula is C21H22FN3O3. The van der Waals surface area contributed by atoms with Crippen molar-refractivity contribution in [1.29, 1.82) is 0 Å². The van der Waals surface area contributed by atoms with Gasteiger partial charge in [-0.15, -0.1) is 0 Å². The number of ketones is 1. The van der Waals surface area contributed by atoms with E-state index in [1.165, 1.54) is 20.1 Å². The molecule has 7 heteroatoms. The van der Waals surface area contributed by atoms with Crippen LogP contribution in [0.2, 0.25) is 0 Å². The molecule has 0 radical (unpaired) electrons. The normalized spacial score (nSPS) is 14.4. The lowest BCUT2D eigenvalue weighted by Crippen LogP contribution is -2.49. The zero-order valence-electron chi connectivity index (χ0n) is 15.9. The maximum absolute atomic E-state index is 14.3. The van der Waals surface area contributed by atoms with Gasteiger partial charge >= 0.3 is 0 Å². The van der Waals surface area contributed by atoms with Crippen LogP contribution in [0, 0.1) is 5.82 Å². The van der Waals surface area contributed by atoms with Crippen molar-refractivity contribution in [2.45, 2.75) is 6.92 Å². The third-order valence-corrected chi connectivity index (χ3v) is 4.73. The van der Waals surface area contributed by atoms with E-state index in [0.717, 1.165) is 5.56 Å². The van der Waals surface area contributed by atoms with Gasteiger partial charge in [0.25, 0.3) is 5.91 Å². The molecule has 1 saturated heterocycles. The van der Waals surface area contributed by atoms with Gasteiger partial charge in [-0.05, 0) is 42.8 Å². The number of carbonyl (C=O) groups excluding carboxylic acids is 2. The Labute approximate surface area is 163 Å². The van der Waals surface area contributed by atoms with Gasteiger partial charge in [0, 0.05) is 37.3 Å². The van der Waals surface area contributed by atoms with Crippen molar-refractivity contribution in [2.75, 3.05) is 38.2 Å². The predicted molar refractivity (Wildman–Crippen MR) is 106 cm³/mol. The maximum atomic E-state index is 14.3. The molecule has 0 spiro atoms. The van der Waals surface area contributed by atoms with Crippen molar-refractivity contribution >= 4 is 23.6 Å². The minimum Gasteiger partial charge on any atom is -0.399 e. The molecule has 146 valence electrons. The largest absolute Gasteiger partial charge is 0.399 e. The van der Waals surface area contributed by atoms with Crippen LogP contribution >= 0.6 is 0 Å². The Balaban J connectivity index is 1.62. The average Bonchev–Trinajstić information content (AvgIpc) is 2.72. The monoisotopic (exact) mass is 383 g/mol. The summed E-state index contributed by atoms with van der Waals surface area (Å²) >= 11 is 0. The van der Waals surface area contributed by atoms with E-state index in [-0.39, 0.29) is 11.7 Å². The van der Waals surface area contributed by atoms with Crippen LogP contribution in [0.15, 0.2) is 47.6 Å². The highest BCUT2D eigenvalue weighted by molar-refractivity contribution is 5.95. The molecule has 1 aliphatic heterocycles. The van der Waals surface area contributed by atoms with Gasteiger partial charge in [0.05, 0.1) is 11.9 Å². The zero-order valence-corrected chi connectivity index (χ0v) is 15.9. The summed E-state index contributed by atoms with van der Waals surface area (Å²) in [4.78, 5) is 32.4. The molecule has 0 aromatic heterocycles. The van der Waals surface area contributed by atoms with Crippen molar-refractivity contribution in [3.8, 4) is 0 Å². The fourth-order valence-corrected chi connectivity index (χ4v) is 3.14. The quantitative estimate of drug-likeness (QED) is 0.452. The van der Waals surface area contributed by atoms with Gasteiger partial charge in [0.1, 0.15) is 12.9 Å². The van der Waals surface area contributed by atoms with Gasteiger partial charge in [-0.1, -0.05) is 17.3 Å². The highest BCUT2D eigenvalue weighted by Gasteiger charge is 2.24. The van der Waals surface area contributed by atoms with Gasteiger partial charge in [-0.25, -0.2) is 4.39 Å². The Bertz CT molecular complexity index is 888. The standard InChI is InChI=1S/C21H22FN3O3/c1-15(26)18-7-8-20(19(22)13-18)24-9-11-25(12-10-24)21(27)17-5-3-16(4-6-17)14-23-28-2/h3-8,13-14H,9-12H2,1-2H3/b23-14+. The number of piperazine rings is 1. The third kappa shape index (κ3) is 4.36. The molecule has 0 N–H and O–H groups in total. The summed E-state index contributed by atoms with van der Waals surface area (Å²) < 4.78 is 14.3. The molecule has 0 aliphatic carbocycles. The molecule has 0 saturated carbocycles. The van der Waals surface area contributed by atoms with Crippen molar-refractivity contribution in [3.63, 3.8) is 0 Å². The Morgan fingerprint density at radius 1 is 1.04 bits per heavy atom. The molecule has 1 aliphatic rings. The molecule has 1 amide bonds. The van der Waals surface area contributed by atoms with Crippen LogP contribution in [-0.2, 0) is 4.84 Å². The maximum Gasteiger partial charge on any atom is 0.253 e. The number of anilines is 1. The van der Waals surface area contributed by atoms with E-state index in [4.69, 9.17) is 0 Å². The molecule has 3 rings (SSSR count). The molecule has 0 unspecified atom stereocenters. The van der Waals surface area contributed by atoms with E-state index < -0.39 is 5.82 Å². The summed E-state index contributed by atoms with van der Waals surface area (Å²) in [5.74, 6) is -0.636. The molecule has 1 heterocycles. The number of rotatable bonds is 5. The second-order valence-electron chi connectivity index (χ2n) is 6.54. The van der Waals surface area contributed by atoms with Crippen molar-refractivity contribution < 1.29 is 18.8 Å². The number of carbonyl (C=O) groups is 2. The number of amides is 1. The molecule has 2 aromatic rings. The van der Waals surface area contributed by atoms with Gasteiger partial charge in [0.2, 0.25) is 0 Å². The van der Waals surface area contributed by atoms with E-state index >= 15 is 0 Å². The van der Waals surface area contributed by atoms with E-state index in [9.17, 15) is 14.0 Å². The smallest absolute Gasteiger partial charge is 0.253 e. The number of Topliss-reactive ketones (excluding diaryl/α,β-unsaturated/α-hetero) is 1. The first-order chi connectivity index (χ1) is 13.5. The summed E-state index contributed by atoms with van der Waals surface area (Å²) in [5.41, 5.74) is 2.25. The van der Waals surface area contributed by atoms with Crippen LogP contribution in [0.5, 0.6) is 0 Å². The SMILES string of the molecule is CO/N=C/c1ccc(C(=O)N2CCN(c3ccc(C(C)=O)cc3F)CC2)cc1.